The normalized spacial score (nSPS) is 12.5. The van der Waals surface area contributed by atoms with Gasteiger partial charge in [0.2, 0.25) is 0 Å². The Morgan fingerprint density at radius 3 is 2.21 bits per heavy atom. The van der Waals surface area contributed by atoms with Crippen LogP contribution in [-0.4, -0.2) is 7.05 Å². The maximum atomic E-state index is 13.4. The summed E-state index contributed by atoms with van der Waals surface area (Å²) in [6.07, 6.45) is 0. The van der Waals surface area contributed by atoms with Crippen LogP contribution in [0.1, 0.15) is 17.2 Å². The molecule has 2 aromatic carbocycles. The lowest BCUT2D eigenvalue weighted by molar-refractivity contribution is 0.505. The van der Waals surface area contributed by atoms with Gasteiger partial charge in [0, 0.05) is 10.0 Å². The third-order valence-corrected chi connectivity index (χ3v) is 3.53. The molecular weight excluding hydrogens is 291 g/mol. The first-order valence-electron chi connectivity index (χ1n) is 5.60. The van der Waals surface area contributed by atoms with Gasteiger partial charge in [0.05, 0.1) is 6.04 Å². The fraction of sp³-hybridized carbons (Fsp3) is 0.143. The van der Waals surface area contributed by atoms with Crippen LogP contribution in [0, 0.1) is 11.6 Å². The lowest BCUT2D eigenvalue weighted by atomic mass is 9.98. The summed E-state index contributed by atoms with van der Waals surface area (Å²) in [7, 11) is 1.70. The lowest BCUT2D eigenvalue weighted by Gasteiger charge is -2.20. The van der Waals surface area contributed by atoms with Crippen molar-refractivity contribution < 1.29 is 8.78 Å². The molecule has 1 atom stereocenters. The fourth-order valence-electron chi connectivity index (χ4n) is 1.95. The van der Waals surface area contributed by atoms with Crippen molar-refractivity contribution >= 4 is 23.2 Å². The highest BCUT2D eigenvalue weighted by molar-refractivity contribution is 6.32. The Balaban J connectivity index is 2.55. The number of hydrogen-bond acceptors (Lipinski definition) is 1. The van der Waals surface area contributed by atoms with Gasteiger partial charge >= 0.3 is 0 Å². The molecule has 19 heavy (non-hydrogen) atoms. The van der Waals surface area contributed by atoms with Gasteiger partial charge in [0.1, 0.15) is 0 Å². The molecular formula is C14H11Cl2F2N. The molecule has 5 heteroatoms. The van der Waals surface area contributed by atoms with Gasteiger partial charge in [0.25, 0.3) is 0 Å². The van der Waals surface area contributed by atoms with Gasteiger partial charge in [-0.15, -0.1) is 0 Å². The van der Waals surface area contributed by atoms with Crippen molar-refractivity contribution in [2.75, 3.05) is 7.05 Å². The molecule has 0 aliphatic heterocycles. The van der Waals surface area contributed by atoms with Crippen molar-refractivity contribution in [2.45, 2.75) is 6.04 Å². The van der Waals surface area contributed by atoms with Gasteiger partial charge in [-0.05, 0) is 36.4 Å². The van der Waals surface area contributed by atoms with E-state index >= 15 is 0 Å². The van der Waals surface area contributed by atoms with Gasteiger partial charge in [0.15, 0.2) is 11.6 Å². The number of halogens is 4. The second-order valence-electron chi connectivity index (χ2n) is 4.03. The fourth-order valence-corrected chi connectivity index (χ4v) is 2.45. The Kier molecular flexibility index (Phi) is 4.40. The summed E-state index contributed by atoms with van der Waals surface area (Å²) >= 11 is 12.1. The van der Waals surface area contributed by atoms with Gasteiger partial charge in [-0.1, -0.05) is 41.4 Å². The van der Waals surface area contributed by atoms with E-state index in [-0.39, 0.29) is 5.02 Å². The maximum absolute atomic E-state index is 13.4. The molecule has 0 saturated heterocycles. The molecule has 0 bridgehead atoms. The average molecular weight is 302 g/mol. The zero-order valence-corrected chi connectivity index (χ0v) is 11.6. The summed E-state index contributed by atoms with van der Waals surface area (Å²) in [6.45, 7) is 0. The molecule has 2 rings (SSSR count). The summed E-state index contributed by atoms with van der Waals surface area (Å²) in [5, 5.41) is 3.69. The molecule has 0 aliphatic carbocycles. The van der Waals surface area contributed by atoms with E-state index in [1.165, 1.54) is 0 Å². The second-order valence-corrected chi connectivity index (χ2v) is 4.85. The van der Waals surface area contributed by atoms with E-state index in [4.69, 9.17) is 23.2 Å². The minimum atomic E-state index is -0.970. The van der Waals surface area contributed by atoms with Gasteiger partial charge in [-0.25, -0.2) is 8.78 Å². The zero-order chi connectivity index (χ0) is 14.0. The molecule has 0 saturated carbocycles. The standard InChI is InChI=1S/C14H11Cl2F2N/c1-19-14(8-4-2-3-5-10(8)15)9-6-12(17)13(18)7-11(9)16/h2-7,14,19H,1H3. The van der Waals surface area contributed by atoms with E-state index in [1.54, 1.807) is 25.2 Å². The third kappa shape index (κ3) is 2.89. The van der Waals surface area contributed by atoms with E-state index in [9.17, 15) is 8.78 Å². The summed E-state index contributed by atoms with van der Waals surface area (Å²) in [4.78, 5) is 0. The monoisotopic (exact) mass is 301 g/mol. The zero-order valence-electron chi connectivity index (χ0n) is 10.1. The highest BCUT2D eigenvalue weighted by atomic mass is 35.5. The number of nitrogens with one attached hydrogen (secondary N) is 1. The van der Waals surface area contributed by atoms with Crippen LogP contribution in [0.5, 0.6) is 0 Å². The molecule has 1 unspecified atom stereocenters. The van der Waals surface area contributed by atoms with Crippen LogP contribution in [0.2, 0.25) is 10.0 Å². The number of rotatable bonds is 3. The predicted molar refractivity (Wildman–Crippen MR) is 73.7 cm³/mol. The highest BCUT2D eigenvalue weighted by Gasteiger charge is 2.19. The minimum absolute atomic E-state index is 0.151. The van der Waals surface area contributed by atoms with Crippen molar-refractivity contribution in [3.8, 4) is 0 Å². The van der Waals surface area contributed by atoms with Crippen LogP contribution in [-0.2, 0) is 0 Å². The van der Waals surface area contributed by atoms with Crippen molar-refractivity contribution in [1.82, 2.24) is 5.32 Å². The van der Waals surface area contributed by atoms with E-state index < -0.39 is 17.7 Å². The summed E-state index contributed by atoms with van der Waals surface area (Å²) in [5.74, 6) is -1.91. The second kappa shape index (κ2) is 5.87. The molecule has 0 spiro atoms. The summed E-state index contributed by atoms with van der Waals surface area (Å²) in [5.41, 5.74) is 1.19. The maximum Gasteiger partial charge on any atom is 0.160 e. The minimum Gasteiger partial charge on any atom is -0.309 e. The Hall–Kier alpha value is -1.16. The van der Waals surface area contributed by atoms with E-state index in [0.29, 0.717) is 10.6 Å². The van der Waals surface area contributed by atoms with E-state index in [1.807, 2.05) is 6.07 Å². The quantitative estimate of drug-likeness (QED) is 0.818. The molecule has 0 aliphatic rings. The van der Waals surface area contributed by atoms with Crippen molar-refractivity contribution in [2.24, 2.45) is 0 Å². The molecule has 0 fully saturated rings. The SMILES string of the molecule is CNC(c1ccccc1Cl)c1cc(F)c(F)cc1Cl. The van der Waals surface area contributed by atoms with Crippen LogP contribution >= 0.6 is 23.2 Å². The lowest BCUT2D eigenvalue weighted by Crippen LogP contribution is -2.19. The van der Waals surface area contributed by atoms with Crippen LogP contribution in [0.3, 0.4) is 0 Å². The van der Waals surface area contributed by atoms with Gasteiger partial charge in [-0.3, -0.25) is 0 Å². The Labute approximate surface area is 120 Å². The van der Waals surface area contributed by atoms with E-state index in [0.717, 1.165) is 17.7 Å². The van der Waals surface area contributed by atoms with Crippen LogP contribution in [0.25, 0.3) is 0 Å². The van der Waals surface area contributed by atoms with Gasteiger partial charge < -0.3 is 5.32 Å². The first-order chi connectivity index (χ1) is 9.04. The smallest absolute Gasteiger partial charge is 0.160 e. The largest absolute Gasteiger partial charge is 0.309 e. The van der Waals surface area contributed by atoms with Crippen molar-refractivity contribution in [3.63, 3.8) is 0 Å². The van der Waals surface area contributed by atoms with Crippen molar-refractivity contribution in [3.05, 3.63) is 69.2 Å². The molecule has 100 valence electrons. The van der Waals surface area contributed by atoms with E-state index in [2.05, 4.69) is 5.32 Å². The molecule has 2 aromatic rings. The van der Waals surface area contributed by atoms with Crippen molar-refractivity contribution in [1.29, 1.82) is 0 Å². The Morgan fingerprint density at radius 2 is 1.58 bits per heavy atom. The third-order valence-electron chi connectivity index (χ3n) is 2.86. The number of benzene rings is 2. The summed E-state index contributed by atoms with van der Waals surface area (Å²) in [6, 6.07) is 8.80. The first-order valence-corrected chi connectivity index (χ1v) is 6.36. The summed E-state index contributed by atoms with van der Waals surface area (Å²) < 4.78 is 26.5. The molecule has 1 N–H and O–H groups in total. The van der Waals surface area contributed by atoms with Gasteiger partial charge in [-0.2, -0.15) is 0 Å². The Bertz CT molecular complexity index is 602. The van der Waals surface area contributed by atoms with Crippen LogP contribution in [0.4, 0.5) is 8.78 Å². The highest BCUT2D eigenvalue weighted by Crippen LogP contribution is 2.33. The van der Waals surface area contributed by atoms with Crippen LogP contribution in [0.15, 0.2) is 36.4 Å². The molecule has 0 heterocycles. The molecule has 0 radical (unpaired) electrons. The topological polar surface area (TPSA) is 12.0 Å². The predicted octanol–water partition coefficient (Wildman–Crippen LogP) is 4.58. The molecule has 0 amide bonds. The first kappa shape index (κ1) is 14.3. The number of hydrogen-bond donors (Lipinski definition) is 1. The average Bonchev–Trinajstić information content (AvgIpc) is 2.38. The molecule has 1 nitrogen and oxygen atoms in total. The van der Waals surface area contributed by atoms with Crippen LogP contribution < -0.4 is 5.32 Å². The molecule has 0 aromatic heterocycles. The Morgan fingerprint density at radius 1 is 0.947 bits per heavy atom.